The summed E-state index contributed by atoms with van der Waals surface area (Å²) in [5.41, 5.74) is 3.12. The molecule has 1 fully saturated rings. The predicted octanol–water partition coefficient (Wildman–Crippen LogP) is 5.49. The Kier molecular flexibility index (Phi) is 7.23. The zero-order valence-electron chi connectivity index (χ0n) is 18.5. The predicted molar refractivity (Wildman–Crippen MR) is 125 cm³/mol. The summed E-state index contributed by atoms with van der Waals surface area (Å²) < 4.78 is 15.6. The summed E-state index contributed by atoms with van der Waals surface area (Å²) >= 11 is 1.41. The van der Waals surface area contributed by atoms with Crippen LogP contribution in [0.1, 0.15) is 49.2 Å². The minimum Gasteiger partial charge on any atom is -0.294 e. The van der Waals surface area contributed by atoms with Crippen LogP contribution in [0.5, 0.6) is 0 Å². The first-order chi connectivity index (χ1) is 15.5. The lowest BCUT2D eigenvalue weighted by atomic mass is 10.1. The van der Waals surface area contributed by atoms with Gasteiger partial charge in [0.1, 0.15) is 11.1 Å². The molecule has 1 aliphatic rings. The highest BCUT2D eigenvalue weighted by molar-refractivity contribution is 8.00. The van der Waals surface area contributed by atoms with E-state index in [0.29, 0.717) is 11.6 Å². The van der Waals surface area contributed by atoms with Crippen molar-refractivity contribution in [2.24, 2.45) is 0 Å². The topological polar surface area (TPSA) is 57.7 Å². The largest absolute Gasteiger partial charge is 0.294 e. The highest BCUT2D eigenvalue weighted by atomic mass is 32.2. The van der Waals surface area contributed by atoms with Gasteiger partial charge in [0.25, 0.3) is 0 Å². The minimum absolute atomic E-state index is 0.0832. The number of benzene rings is 2. The number of piperidine rings is 1. The summed E-state index contributed by atoms with van der Waals surface area (Å²) in [5.74, 6) is 0.545. The molecule has 1 saturated heterocycles. The monoisotopic (exact) mass is 449 g/mol. The van der Waals surface area contributed by atoms with Gasteiger partial charge in [-0.15, -0.1) is 10.2 Å². The number of nitrogens with zero attached hydrogens (tertiary/aromatic N) is 5. The van der Waals surface area contributed by atoms with E-state index in [4.69, 9.17) is 0 Å². The number of likely N-dealkylation sites (tertiary alicyclic amines) is 1. The van der Waals surface area contributed by atoms with Crippen molar-refractivity contribution in [3.63, 3.8) is 0 Å². The summed E-state index contributed by atoms with van der Waals surface area (Å²) in [6.07, 6.45) is 4.25. The van der Waals surface area contributed by atoms with E-state index in [1.165, 1.54) is 48.7 Å². The number of aromatic nitrogens is 3. The van der Waals surface area contributed by atoms with Crippen molar-refractivity contribution in [1.29, 1.82) is 5.26 Å². The third kappa shape index (κ3) is 5.20. The third-order valence-electron chi connectivity index (χ3n) is 5.99. The maximum absolute atomic E-state index is 13.6. The van der Waals surface area contributed by atoms with Crippen LogP contribution in [0, 0.1) is 24.1 Å². The van der Waals surface area contributed by atoms with Crippen LogP contribution in [0.2, 0.25) is 0 Å². The molecule has 0 aliphatic carbocycles. The first kappa shape index (κ1) is 22.5. The van der Waals surface area contributed by atoms with Crippen LogP contribution >= 0.6 is 11.8 Å². The van der Waals surface area contributed by atoms with Crippen LogP contribution < -0.4 is 0 Å². The summed E-state index contributed by atoms with van der Waals surface area (Å²) in [5, 5.41) is 19.2. The van der Waals surface area contributed by atoms with E-state index in [-0.39, 0.29) is 17.1 Å². The molecule has 5 nitrogen and oxygen atoms in total. The molecule has 0 radical (unpaired) electrons. The normalized spacial score (nSPS) is 16.4. The number of nitriles is 1. The van der Waals surface area contributed by atoms with Crippen LogP contribution in [0.4, 0.5) is 4.39 Å². The smallest absolute Gasteiger partial charge is 0.197 e. The number of hydrogen-bond acceptors (Lipinski definition) is 5. The Hall–Kier alpha value is -2.69. The molecule has 0 spiro atoms. The van der Waals surface area contributed by atoms with Crippen molar-refractivity contribution in [2.45, 2.75) is 56.0 Å². The van der Waals surface area contributed by atoms with E-state index in [0.717, 1.165) is 30.2 Å². The first-order valence-electron chi connectivity index (χ1n) is 11.1. The maximum Gasteiger partial charge on any atom is 0.197 e. The molecule has 2 atom stereocenters. The Balaban J connectivity index is 1.64. The molecule has 0 amide bonds. The molecule has 166 valence electrons. The zero-order chi connectivity index (χ0) is 22.5. The van der Waals surface area contributed by atoms with Gasteiger partial charge in [-0.2, -0.15) is 5.26 Å². The Morgan fingerprint density at radius 2 is 1.72 bits per heavy atom. The molecule has 1 aliphatic heterocycles. The van der Waals surface area contributed by atoms with E-state index in [2.05, 4.69) is 59.3 Å². The van der Waals surface area contributed by atoms with E-state index in [9.17, 15) is 9.65 Å². The van der Waals surface area contributed by atoms with Crippen LogP contribution in [-0.2, 0) is 6.42 Å². The van der Waals surface area contributed by atoms with Crippen molar-refractivity contribution in [2.75, 3.05) is 13.1 Å². The van der Waals surface area contributed by atoms with Gasteiger partial charge in [0.05, 0.1) is 12.1 Å². The van der Waals surface area contributed by atoms with Crippen molar-refractivity contribution in [3.05, 3.63) is 71.3 Å². The van der Waals surface area contributed by atoms with Gasteiger partial charge in [-0.3, -0.25) is 9.47 Å². The van der Waals surface area contributed by atoms with Gasteiger partial charge >= 0.3 is 0 Å². The van der Waals surface area contributed by atoms with Crippen LogP contribution in [0.25, 0.3) is 5.69 Å². The van der Waals surface area contributed by atoms with Crippen molar-refractivity contribution in [1.82, 2.24) is 19.7 Å². The quantitative estimate of drug-likeness (QED) is 0.447. The minimum atomic E-state index is -0.306. The average molecular weight is 450 g/mol. The van der Waals surface area contributed by atoms with Gasteiger partial charge in [-0.25, -0.2) is 4.39 Å². The first-order valence-corrected chi connectivity index (χ1v) is 12.0. The molecule has 0 unspecified atom stereocenters. The molecule has 0 N–H and O–H groups in total. The van der Waals surface area contributed by atoms with E-state index in [1.807, 2.05) is 4.57 Å². The Bertz CT molecular complexity index is 1070. The molecule has 1 aromatic heterocycles. The van der Waals surface area contributed by atoms with E-state index >= 15 is 0 Å². The van der Waals surface area contributed by atoms with Crippen molar-refractivity contribution >= 4 is 11.8 Å². The SMILES string of the molecule is Cc1ccc(C[C@@H](C#N)Sc2nnc([C@H](C)N3CCCCC3)n2-c2ccc(F)cc2)cc1. The fourth-order valence-electron chi connectivity index (χ4n) is 4.11. The standard InChI is InChI=1S/C25H28FN5S/c1-18-6-8-20(9-7-18)16-23(17-27)32-25-29-28-24(19(2)30-14-4-3-5-15-30)31(25)22-12-10-21(26)11-13-22/h6-13,19,23H,3-5,14-16H2,1-2H3/t19-,23-/m0/s1. The number of hydrogen-bond donors (Lipinski definition) is 0. The molecule has 7 heteroatoms. The molecule has 32 heavy (non-hydrogen) atoms. The van der Waals surface area contributed by atoms with Gasteiger partial charge in [0.2, 0.25) is 0 Å². The summed E-state index contributed by atoms with van der Waals surface area (Å²) in [6, 6.07) is 17.1. The summed E-state index contributed by atoms with van der Waals surface area (Å²) in [4.78, 5) is 2.43. The molecule has 0 bridgehead atoms. The average Bonchev–Trinajstić information content (AvgIpc) is 3.24. The number of rotatable bonds is 7. The molecular weight excluding hydrogens is 421 g/mol. The fraction of sp³-hybridized carbons (Fsp3) is 0.400. The van der Waals surface area contributed by atoms with Gasteiger partial charge in [0.15, 0.2) is 11.0 Å². The highest BCUT2D eigenvalue weighted by Gasteiger charge is 2.27. The van der Waals surface area contributed by atoms with Gasteiger partial charge < -0.3 is 0 Å². The molecule has 2 heterocycles. The molecule has 2 aromatic carbocycles. The zero-order valence-corrected chi connectivity index (χ0v) is 19.4. The van der Waals surface area contributed by atoms with Gasteiger partial charge in [-0.1, -0.05) is 48.0 Å². The van der Waals surface area contributed by atoms with Crippen molar-refractivity contribution < 1.29 is 4.39 Å². The second-order valence-electron chi connectivity index (χ2n) is 8.35. The molecular formula is C25H28FN5S. The van der Waals surface area contributed by atoms with Gasteiger partial charge in [-0.05, 0) is 76.0 Å². The summed E-state index contributed by atoms with van der Waals surface area (Å²) in [7, 11) is 0. The lowest BCUT2D eigenvalue weighted by molar-refractivity contribution is 0.167. The van der Waals surface area contributed by atoms with Crippen LogP contribution in [-0.4, -0.2) is 38.0 Å². The van der Waals surface area contributed by atoms with Gasteiger partial charge in [0, 0.05) is 5.69 Å². The number of aryl methyl sites for hydroxylation is 1. The lowest BCUT2D eigenvalue weighted by Crippen LogP contribution is -2.33. The molecule has 3 aromatic rings. The highest BCUT2D eigenvalue weighted by Crippen LogP contribution is 2.32. The fourth-order valence-corrected chi connectivity index (χ4v) is 5.08. The molecule has 0 saturated carbocycles. The van der Waals surface area contributed by atoms with Crippen LogP contribution in [0.15, 0.2) is 53.7 Å². The maximum atomic E-state index is 13.6. The second-order valence-corrected chi connectivity index (χ2v) is 9.52. The Labute approximate surface area is 193 Å². The Morgan fingerprint density at radius 3 is 2.38 bits per heavy atom. The van der Waals surface area contributed by atoms with E-state index < -0.39 is 0 Å². The van der Waals surface area contributed by atoms with Crippen LogP contribution in [0.3, 0.4) is 0 Å². The van der Waals surface area contributed by atoms with E-state index in [1.54, 1.807) is 12.1 Å². The summed E-state index contributed by atoms with van der Waals surface area (Å²) in [6.45, 7) is 6.27. The Morgan fingerprint density at radius 1 is 1.03 bits per heavy atom. The van der Waals surface area contributed by atoms with Crippen molar-refractivity contribution in [3.8, 4) is 11.8 Å². The molecule has 4 rings (SSSR count). The number of halogens is 1. The second kappa shape index (κ2) is 10.3. The number of thioether (sulfide) groups is 1. The lowest BCUT2D eigenvalue weighted by Gasteiger charge is -2.31. The third-order valence-corrected chi connectivity index (χ3v) is 7.02.